The molecule has 2 aromatic carbocycles. The van der Waals surface area contributed by atoms with E-state index < -0.39 is 12.1 Å². The summed E-state index contributed by atoms with van der Waals surface area (Å²) >= 11 is 0. The summed E-state index contributed by atoms with van der Waals surface area (Å²) in [5, 5.41) is 0. The highest BCUT2D eigenvalue weighted by atomic mass is 16.5. The molecule has 0 fully saturated rings. The SMILES string of the molecule is COc1cc(C(=O)OC(c2ccccc2)C(C)N(C)C)cc(OC)c1OC. The molecule has 0 aliphatic heterocycles. The summed E-state index contributed by atoms with van der Waals surface area (Å²) in [7, 11) is 8.44. The van der Waals surface area contributed by atoms with E-state index in [-0.39, 0.29) is 6.04 Å². The molecule has 6 nitrogen and oxygen atoms in total. The molecular weight excluding hydrogens is 346 g/mol. The van der Waals surface area contributed by atoms with Crippen LogP contribution >= 0.6 is 0 Å². The van der Waals surface area contributed by atoms with Crippen LogP contribution < -0.4 is 14.2 Å². The first-order valence-electron chi connectivity index (χ1n) is 8.65. The summed E-state index contributed by atoms with van der Waals surface area (Å²) in [6, 6.07) is 12.9. The van der Waals surface area contributed by atoms with Gasteiger partial charge in [0.15, 0.2) is 11.5 Å². The van der Waals surface area contributed by atoms with Gasteiger partial charge in [-0.05, 0) is 38.7 Å². The molecule has 2 aromatic rings. The van der Waals surface area contributed by atoms with Crippen LogP contribution in [0.15, 0.2) is 42.5 Å². The van der Waals surface area contributed by atoms with Gasteiger partial charge in [-0.1, -0.05) is 30.3 Å². The van der Waals surface area contributed by atoms with Crippen molar-refractivity contribution in [3.8, 4) is 17.2 Å². The van der Waals surface area contributed by atoms with Crippen molar-refractivity contribution in [1.29, 1.82) is 0 Å². The third-order valence-corrected chi connectivity index (χ3v) is 4.52. The second-order valence-corrected chi connectivity index (χ2v) is 6.35. The number of likely N-dealkylation sites (N-methyl/N-ethyl adjacent to an activating group) is 1. The zero-order valence-corrected chi connectivity index (χ0v) is 16.7. The Morgan fingerprint density at radius 1 is 0.926 bits per heavy atom. The highest BCUT2D eigenvalue weighted by molar-refractivity contribution is 5.91. The van der Waals surface area contributed by atoms with E-state index in [4.69, 9.17) is 18.9 Å². The second kappa shape index (κ2) is 9.28. The Morgan fingerprint density at radius 3 is 1.93 bits per heavy atom. The first kappa shape index (κ1) is 20.6. The van der Waals surface area contributed by atoms with E-state index >= 15 is 0 Å². The van der Waals surface area contributed by atoms with Crippen molar-refractivity contribution in [1.82, 2.24) is 4.90 Å². The molecule has 0 radical (unpaired) electrons. The molecule has 2 unspecified atom stereocenters. The number of benzene rings is 2. The standard InChI is InChI=1S/C21H27NO5/c1-14(22(2)3)19(15-10-8-7-9-11-15)27-21(23)16-12-17(24-4)20(26-6)18(13-16)25-5/h7-14,19H,1-6H3. The fourth-order valence-electron chi connectivity index (χ4n) is 2.74. The minimum atomic E-state index is -0.461. The third-order valence-electron chi connectivity index (χ3n) is 4.52. The van der Waals surface area contributed by atoms with Crippen LogP contribution in [0.2, 0.25) is 0 Å². The number of carbonyl (C=O) groups is 1. The van der Waals surface area contributed by atoms with Gasteiger partial charge in [-0.3, -0.25) is 0 Å². The van der Waals surface area contributed by atoms with Crippen molar-refractivity contribution in [2.75, 3.05) is 35.4 Å². The van der Waals surface area contributed by atoms with Crippen molar-refractivity contribution < 1.29 is 23.7 Å². The van der Waals surface area contributed by atoms with Crippen LogP contribution in [0.3, 0.4) is 0 Å². The van der Waals surface area contributed by atoms with E-state index in [1.165, 1.54) is 21.3 Å². The lowest BCUT2D eigenvalue weighted by atomic mass is 10.0. The van der Waals surface area contributed by atoms with Gasteiger partial charge < -0.3 is 23.8 Å². The number of ether oxygens (including phenoxy) is 4. The van der Waals surface area contributed by atoms with Crippen LogP contribution in [0, 0.1) is 0 Å². The molecule has 146 valence electrons. The number of methoxy groups -OCH3 is 3. The van der Waals surface area contributed by atoms with E-state index in [0.717, 1.165) is 5.56 Å². The van der Waals surface area contributed by atoms with Crippen molar-refractivity contribution in [2.45, 2.75) is 19.1 Å². The molecule has 0 aliphatic rings. The van der Waals surface area contributed by atoms with Crippen LogP contribution in [-0.4, -0.2) is 52.3 Å². The molecule has 0 N–H and O–H groups in total. The van der Waals surface area contributed by atoms with E-state index in [1.807, 2.05) is 56.3 Å². The Kier molecular flexibility index (Phi) is 7.07. The average Bonchev–Trinajstić information content (AvgIpc) is 2.70. The monoisotopic (exact) mass is 373 g/mol. The van der Waals surface area contributed by atoms with Crippen LogP contribution in [0.4, 0.5) is 0 Å². The zero-order valence-electron chi connectivity index (χ0n) is 16.7. The Morgan fingerprint density at radius 2 is 1.48 bits per heavy atom. The van der Waals surface area contributed by atoms with Gasteiger partial charge in [0.2, 0.25) is 5.75 Å². The minimum absolute atomic E-state index is 0.0154. The highest BCUT2D eigenvalue weighted by Crippen LogP contribution is 2.38. The second-order valence-electron chi connectivity index (χ2n) is 6.35. The molecule has 0 aromatic heterocycles. The molecule has 0 saturated carbocycles. The minimum Gasteiger partial charge on any atom is -0.493 e. The molecule has 0 heterocycles. The van der Waals surface area contributed by atoms with Crippen LogP contribution in [0.25, 0.3) is 0 Å². The fourth-order valence-corrected chi connectivity index (χ4v) is 2.74. The molecule has 2 atom stereocenters. The lowest BCUT2D eigenvalue weighted by Crippen LogP contribution is -2.33. The number of hydrogen-bond acceptors (Lipinski definition) is 6. The number of nitrogens with zero attached hydrogens (tertiary/aromatic N) is 1. The normalized spacial score (nSPS) is 13.0. The van der Waals surface area contributed by atoms with Crippen molar-refractivity contribution in [3.63, 3.8) is 0 Å². The van der Waals surface area contributed by atoms with Gasteiger partial charge >= 0.3 is 5.97 Å². The van der Waals surface area contributed by atoms with Crippen LogP contribution in [-0.2, 0) is 4.74 Å². The van der Waals surface area contributed by atoms with Gasteiger partial charge in [-0.2, -0.15) is 0 Å². The van der Waals surface area contributed by atoms with Crippen LogP contribution in [0.5, 0.6) is 17.2 Å². The van der Waals surface area contributed by atoms with Crippen molar-refractivity contribution in [2.24, 2.45) is 0 Å². The van der Waals surface area contributed by atoms with E-state index in [1.54, 1.807) is 12.1 Å². The summed E-state index contributed by atoms with van der Waals surface area (Å²) in [5.41, 5.74) is 1.26. The summed E-state index contributed by atoms with van der Waals surface area (Å²) in [6.45, 7) is 2.01. The Hall–Kier alpha value is -2.73. The maximum Gasteiger partial charge on any atom is 0.339 e. The third kappa shape index (κ3) is 4.71. The molecule has 0 aliphatic carbocycles. The Labute approximate surface area is 160 Å². The quantitative estimate of drug-likeness (QED) is 0.660. The number of esters is 1. The first-order valence-corrected chi connectivity index (χ1v) is 8.65. The summed E-state index contributed by atoms with van der Waals surface area (Å²) in [5.74, 6) is 0.774. The zero-order chi connectivity index (χ0) is 20.0. The predicted octanol–water partition coefficient (Wildman–Crippen LogP) is 3.56. The smallest absolute Gasteiger partial charge is 0.339 e. The molecule has 0 saturated heterocycles. The van der Waals surface area contributed by atoms with Crippen LogP contribution in [0.1, 0.15) is 28.9 Å². The maximum absolute atomic E-state index is 12.9. The van der Waals surface area contributed by atoms with Gasteiger partial charge in [-0.25, -0.2) is 4.79 Å². The lowest BCUT2D eigenvalue weighted by Gasteiger charge is -2.29. The molecule has 6 heteroatoms. The summed E-state index contributed by atoms with van der Waals surface area (Å²) in [6.07, 6.45) is -0.423. The lowest BCUT2D eigenvalue weighted by molar-refractivity contribution is 0.00879. The van der Waals surface area contributed by atoms with Gasteiger partial charge in [0.1, 0.15) is 6.10 Å². The van der Waals surface area contributed by atoms with Crippen molar-refractivity contribution in [3.05, 3.63) is 53.6 Å². The topological polar surface area (TPSA) is 57.2 Å². The van der Waals surface area contributed by atoms with Gasteiger partial charge in [0.05, 0.1) is 26.9 Å². The number of hydrogen-bond donors (Lipinski definition) is 0. The molecule has 0 bridgehead atoms. The van der Waals surface area contributed by atoms with E-state index in [2.05, 4.69) is 0 Å². The largest absolute Gasteiger partial charge is 0.493 e. The Bertz CT molecular complexity index is 735. The van der Waals surface area contributed by atoms with Gasteiger partial charge in [0.25, 0.3) is 0 Å². The molecular formula is C21H27NO5. The predicted molar refractivity (Wildman–Crippen MR) is 104 cm³/mol. The average molecular weight is 373 g/mol. The van der Waals surface area contributed by atoms with E-state index in [9.17, 15) is 4.79 Å². The van der Waals surface area contributed by atoms with Gasteiger partial charge in [0, 0.05) is 6.04 Å². The number of carbonyl (C=O) groups excluding carboxylic acids is 1. The first-order chi connectivity index (χ1) is 12.9. The molecule has 2 rings (SSSR count). The summed E-state index contributed by atoms with van der Waals surface area (Å²) in [4.78, 5) is 14.9. The number of rotatable bonds is 8. The van der Waals surface area contributed by atoms with E-state index in [0.29, 0.717) is 22.8 Å². The fraction of sp³-hybridized carbons (Fsp3) is 0.381. The Balaban J connectivity index is 2.37. The maximum atomic E-state index is 12.9. The van der Waals surface area contributed by atoms with Crippen molar-refractivity contribution >= 4 is 5.97 Å². The summed E-state index contributed by atoms with van der Waals surface area (Å²) < 4.78 is 21.8. The molecule has 0 spiro atoms. The van der Waals surface area contributed by atoms with Gasteiger partial charge in [-0.15, -0.1) is 0 Å². The highest BCUT2D eigenvalue weighted by Gasteiger charge is 2.27. The molecule has 0 amide bonds. The molecule has 27 heavy (non-hydrogen) atoms.